The van der Waals surface area contributed by atoms with Crippen LogP contribution < -0.4 is 10.1 Å². The number of aryl methyl sites for hydroxylation is 1. The number of para-hydroxylation sites is 2. The molecule has 1 amide bonds. The average molecular weight is 464 g/mol. The van der Waals surface area contributed by atoms with Gasteiger partial charge in [0.1, 0.15) is 17.9 Å². The van der Waals surface area contributed by atoms with E-state index in [-0.39, 0.29) is 18.3 Å². The lowest BCUT2D eigenvalue weighted by molar-refractivity contribution is -0.113. The van der Waals surface area contributed by atoms with Gasteiger partial charge in [-0.1, -0.05) is 59.5 Å². The molecule has 3 heterocycles. The third-order valence-electron chi connectivity index (χ3n) is 4.64. The molecular formula is C21H17N7O2S2. The largest absolute Gasteiger partial charge is 0.486 e. The van der Waals surface area contributed by atoms with Gasteiger partial charge in [0.15, 0.2) is 10.7 Å². The number of hydrogen-bond acceptors (Lipinski definition) is 9. The molecule has 0 saturated heterocycles. The Bertz CT molecular complexity index is 1400. The van der Waals surface area contributed by atoms with E-state index in [1.165, 1.54) is 23.1 Å². The monoisotopic (exact) mass is 463 g/mol. The topological polar surface area (TPSA) is 108 Å². The normalized spacial score (nSPS) is 11.2. The van der Waals surface area contributed by atoms with Crippen LogP contribution in [0.5, 0.6) is 5.75 Å². The smallest absolute Gasteiger partial charge is 0.236 e. The number of nitrogens with one attached hydrogen (secondary N) is 1. The van der Waals surface area contributed by atoms with E-state index < -0.39 is 0 Å². The molecule has 32 heavy (non-hydrogen) atoms. The molecule has 11 heteroatoms. The first-order valence-corrected chi connectivity index (χ1v) is 11.5. The molecule has 0 aliphatic rings. The van der Waals surface area contributed by atoms with E-state index in [1.807, 2.05) is 66.2 Å². The van der Waals surface area contributed by atoms with E-state index in [2.05, 4.69) is 30.7 Å². The molecule has 0 bridgehead atoms. The Morgan fingerprint density at radius 2 is 1.88 bits per heavy atom. The van der Waals surface area contributed by atoms with Crippen LogP contribution in [-0.2, 0) is 18.4 Å². The molecule has 160 valence electrons. The first-order chi connectivity index (χ1) is 15.7. The summed E-state index contributed by atoms with van der Waals surface area (Å²) in [6, 6.07) is 17.4. The number of ether oxygens (including phenoxy) is 1. The fraction of sp³-hybridized carbons (Fsp3) is 0.143. The number of anilines is 1. The van der Waals surface area contributed by atoms with Crippen molar-refractivity contribution in [2.75, 3.05) is 11.1 Å². The maximum absolute atomic E-state index is 12.3. The zero-order valence-electron chi connectivity index (χ0n) is 16.9. The number of fused-ring (bicyclic) bond motifs is 3. The molecule has 9 nitrogen and oxygen atoms in total. The number of hydrogen-bond donors (Lipinski definition) is 1. The second-order valence-corrected chi connectivity index (χ2v) is 8.79. The minimum absolute atomic E-state index is 0.132. The Labute approximate surface area is 190 Å². The number of thioether (sulfide) groups is 1. The number of benzene rings is 2. The molecule has 3 aromatic heterocycles. The number of carbonyl (C=O) groups is 1. The van der Waals surface area contributed by atoms with Crippen molar-refractivity contribution in [2.45, 2.75) is 11.8 Å². The van der Waals surface area contributed by atoms with Crippen LogP contribution >= 0.6 is 23.1 Å². The van der Waals surface area contributed by atoms with Crippen LogP contribution in [0.3, 0.4) is 0 Å². The molecule has 2 aromatic carbocycles. The number of carbonyl (C=O) groups excluding carboxylic acids is 1. The van der Waals surface area contributed by atoms with Crippen molar-refractivity contribution < 1.29 is 9.53 Å². The highest BCUT2D eigenvalue weighted by molar-refractivity contribution is 7.99. The molecule has 5 rings (SSSR count). The van der Waals surface area contributed by atoms with Crippen LogP contribution in [0.15, 0.2) is 59.8 Å². The molecular weight excluding hydrogens is 446 g/mol. The Morgan fingerprint density at radius 3 is 2.75 bits per heavy atom. The minimum atomic E-state index is -0.220. The van der Waals surface area contributed by atoms with E-state index in [0.717, 1.165) is 27.8 Å². The Hall–Kier alpha value is -3.57. The van der Waals surface area contributed by atoms with Gasteiger partial charge in [-0.15, -0.1) is 20.4 Å². The van der Waals surface area contributed by atoms with Crippen LogP contribution in [-0.4, -0.2) is 41.6 Å². The summed E-state index contributed by atoms with van der Waals surface area (Å²) in [6.45, 7) is 0.289. The Balaban J connectivity index is 1.19. The van der Waals surface area contributed by atoms with Crippen LogP contribution in [0.4, 0.5) is 5.13 Å². The van der Waals surface area contributed by atoms with E-state index >= 15 is 0 Å². The third-order valence-corrected chi connectivity index (χ3v) is 6.29. The highest BCUT2D eigenvalue weighted by Gasteiger charge is 2.14. The van der Waals surface area contributed by atoms with Gasteiger partial charge in [0, 0.05) is 12.4 Å². The zero-order chi connectivity index (χ0) is 21.9. The number of nitrogens with zero attached hydrogens (tertiary/aromatic N) is 6. The fourth-order valence-electron chi connectivity index (χ4n) is 3.16. The summed E-state index contributed by atoms with van der Waals surface area (Å²) in [5, 5.41) is 21.8. The molecule has 0 aliphatic heterocycles. The third kappa shape index (κ3) is 4.25. The predicted molar refractivity (Wildman–Crippen MR) is 124 cm³/mol. The van der Waals surface area contributed by atoms with E-state index in [9.17, 15) is 4.79 Å². The van der Waals surface area contributed by atoms with Gasteiger partial charge in [-0.2, -0.15) is 0 Å². The predicted octanol–water partition coefficient (Wildman–Crippen LogP) is 3.68. The molecule has 5 aromatic rings. The molecule has 0 fully saturated rings. The van der Waals surface area contributed by atoms with Gasteiger partial charge in [-0.3, -0.25) is 10.1 Å². The van der Waals surface area contributed by atoms with Gasteiger partial charge >= 0.3 is 0 Å². The maximum atomic E-state index is 12.3. The SMILES string of the molecule is Cn1c2ccccc2c2nnc(SCC(=O)Nc3nnc(COc4ccccc4)s3)nc21. The van der Waals surface area contributed by atoms with Crippen molar-refractivity contribution in [3.8, 4) is 5.75 Å². The maximum Gasteiger partial charge on any atom is 0.236 e. The summed E-state index contributed by atoms with van der Waals surface area (Å²) in [7, 11) is 1.94. The highest BCUT2D eigenvalue weighted by Crippen LogP contribution is 2.26. The van der Waals surface area contributed by atoms with Crippen molar-refractivity contribution in [3.05, 3.63) is 59.6 Å². The standard InChI is InChI=1S/C21H17N7O2S2/c1-28-15-10-6-5-9-14(15)18-19(28)23-20(26-25-18)31-12-16(29)22-21-27-24-17(32-21)11-30-13-7-3-2-4-8-13/h2-10H,11-12H2,1H3,(H,22,27,29). The molecule has 0 aliphatic carbocycles. The number of aromatic nitrogens is 6. The summed E-state index contributed by atoms with van der Waals surface area (Å²) in [5.74, 6) is 0.663. The molecule has 0 radical (unpaired) electrons. The lowest BCUT2D eigenvalue weighted by atomic mass is 10.2. The molecule has 0 unspecified atom stereocenters. The van der Waals surface area contributed by atoms with Crippen molar-refractivity contribution in [2.24, 2.45) is 7.05 Å². The van der Waals surface area contributed by atoms with Gasteiger partial charge < -0.3 is 9.30 Å². The van der Waals surface area contributed by atoms with Gasteiger partial charge in [0.05, 0.1) is 11.3 Å². The average Bonchev–Trinajstić information content (AvgIpc) is 3.39. The van der Waals surface area contributed by atoms with Crippen LogP contribution in [0.1, 0.15) is 5.01 Å². The number of rotatable bonds is 7. The van der Waals surface area contributed by atoms with E-state index in [4.69, 9.17) is 4.74 Å². The lowest BCUT2D eigenvalue weighted by Gasteiger charge is -2.02. The van der Waals surface area contributed by atoms with Crippen molar-refractivity contribution >= 4 is 56.2 Å². The summed E-state index contributed by atoms with van der Waals surface area (Å²) in [5.41, 5.74) is 2.51. The first kappa shape index (κ1) is 20.3. The van der Waals surface area contributed by atoms with Gasteiger partial charge in [0.25, 0.3) is 0 Å². The van der Waals surface area contributed by atoms with Crippen molar-refractivity contribution in [3.63, 3.8) is 0 Å². The van der Waals surface area contributed by atoms with Crippen LogP contribution in [0.2, 0.25) is 0 Å². The molecule has 0 saturated carbocycles. The second kappa shape index (κ2) is 8.89. The highest BCUT2D eigenvalue weighted by atomic mass is 32.2. The first-order valence-electron chi connectivity index (χ1n) is 9.68. The van der Waals surface area contributed by atoms with Gasteiger partial charge in [0.2, 0.25) is 16.2 Å². The zero-order valence-corrected chi connectivity index (χ0v) is 18.6. The van der Waals surface area contributed by atoms with Gasteiger partial charge in [-0.25, -0.2) is 4.98 Å². The second-order valence-electron chi connectivity index (χ2n) is 6.78. The van der Waals surface area contributed by atoms with E-state index in [1.54, 1.807) is 0 Å². The van der Waals surface area contributed by atoms with Crippen molar-refractivity contribution in [1.29, 1.82) is 0 Å². The Morgan fingerprint density at radius 1 is 1.06 bits per heavy atom. The minimum Gasteiger partial charge on any atom is -0.486 e. The fourth-order valence-corrected chi connectivity index (χ4v) is 4.41. The summed E-state index contributed by atoms with van der Waals surface area (Å²) >= 11 is 2.49. The lowest BCUT2D eigenvalue weighted by Crippen LogP contribution is -2.14. The summed E-state index contributed by atoms with van der Waals surface area (Å²) < 4.78 is 7.62. The molecule has 1 N–H and O–H groups in total. The Kier molecular flexibility index (Phi) is 5.65. The number of amides is 1. The molecule has 0 spiro atoms. The van der Waals surface area contributed by atoms with Crippen LogP contribution in [0, 0.1) is 0 Å². The summed E-state index contributed by atoms with van der Waals surface area (Å²) in [6.07, 6.45) is 0. The van der Waals surface area contributed by atoms with Crippen molar-refractivity contribution in [1.82, 2.24) is 29.9 Å². The summed E-state index contributed by atoms with van der Waals surface area (Å²) in [4.78, 5) is 16.9. The molecule has 0 atom stereocenters. The quantitative estimate of drug-likeness (QED) is 0.364. The van der Waals surface area contributed by atoms with E-state index in [0.29, 0.717) is 15.3 Å². The van der Waals surface area contributed by atoms with Crippen LogP contribution in [0.25, 0.3) is 22.1 Å². The van der Waals surface area contributed by atoms with Gasteiger partial charge in [-0.05, 0) is 18.2 Å².